The van der Waals surface area contributed by atoms with Crippen molar-refractivity contribution < 1.29 is 19.2 Å². The van der Waals surface area contributed by atoms with Crippen LogP contribution in [0, 0.1) is 40.4 Å². The van der Waals surface area contributed by atoms with Crippen molar-refractivity contribution in [2.45, 2.75) is 137 Å². The molecule has 0 aromatic carbocycles. The van der Waals surface area contributed by atoms with Crippen LogP contribution >= 0.6 is 0 Å². The quantitative estimate of drug-likeness (QED) is 0.169. The molecule has 5 aliphatic rings. The molecular formula is C39H61N3O4. The molecule has 7 atom stereocenters. The lowest BCUT2D eigenvalue weighted by molar-refractivity contribution is -0.131. The Morgan fingerprint density at radius 1 is 0.913 bits per heavy atom. The van der Waals surface area contributed by atoms with E-state index in [9.17, 15) is 19.2 Å². The molecule has 0 bridgehead atoms. The maximum atomic E-state index is 12.9. The summed E-state index contributed by atoms with van der Waals surface area (Å²) in [4.78, 5) is 52.0. The molecule has 0 aromatic heterocycles. The maximum absolute atomic E-state index is 12.9. The Bertz CT molecular complexity index is 1220. The van der Waals surface area contributed by atoms with Crippen LogP contribution in [-0.2, 0) is 19.2 Å². The fourth-order valence-corrected chi connectivity index (χ4v) is 11.0. The topological polar surface area (TPSA) is 95.6 Å². The normalized spacial score (nSPS) is 33.8. The van der Waals surface area contributed by atoms with E-state index in [1.54, 1.807) is 0 Å². The van der Waals surface area contributed by atoms with Crippen LogP contribution < -0.4 is 10.6 Å². The van der Waals surface area contributed by atoms with E-state index in [1.807, 2.05) is 25.7 Å². The van der Waals surface area contributed by atoms with Crippen molar-refractivity contribution in [3.8, 4) is 0 Å². The van der Waals surface area contributed by atoms with Gasteiger partial charge in [0, 0.05) is 37.3 Å². The highest BCUT2D eigenvalue weighted by Gasteiger charge is 2.59. The summed E-state index contributed by atoms with van der Waals surface area (Å²) < 4.78 is 0. The van der Waals surface area contributed by atoms with Crippen molar-refractivity contribution in [3.63, 3.8) is 0 Å². The number of nitrogens with one attached hydrogen (secondary N) is 2. The van der Waals surface area contributed by atoms with Gasteiger partial charge in [-0.2, -0.15) is 0 Å². The number of carbonyl (C=O) groups excluding carboxylic acids is 4. The van der Waals surface area contributed by atoms with E-state index < -0.39 is 11.6 Å². The van der Waals surface area contributed by atoms with Crippen LogP contribution in [0.4, 0.5) is 0 Å². The molecule has 7 unspecified atom stereocenters. The lowest BCUT2D eigenvalue weighted by Gasteiger charge is -2.60. The predicted octanol–water partition coefficient (Wildman–Crippen LogP) is 6.91. The van der Waals surface area contributed by atoms with E-state index >= 15 is 0 Å². The average Bonchev–Trinajstić information content (AvgIpc) is 3.34. The van der Waals surface area contributed by atoms with Crippen LogP contribution in [-0.4, -0.2) is 54.0 Å². The van der Waals surface area contributed by atoms with Crippen LogP contribution in [0.25, 0.3) is 0 Å². The zero-order chi connectivity index (χ0) is 33.1. The molecule has 0 aliphatic heterocycles. The zero-order valence-electron chi connectivity index (χ0n) is 29.4. The van der Waals surface area contributed by atoms with Gasteiger partial charge >= 0.3 is 0 Å². The van der Waals surface area contributed by atoms with E-state index in [0.717, 1.165) is 48.9 Å². The van der Waals surface area contributed by atoms with Crippen LogP contribution in [0.15, 0.2) is 23.4 Å². The standard InChI is InChI=1S/C39H61N3O4/c1-6-22-42(25-37(46)41-26(2)3)33-24-35(44)34(43)23-27(33)18-21-40-36(45)12-9-11-29-14-16-31-30-15-13-28-10-7-8-19-38(28,4)32(30)17-20-39(29,31)5/h23-24,26,28-32H,6-22,25H2,1-5H3,(H,40,45)(H,41,46). The molecule has 2 N–H and O–H groups in total. The molecule has 0 radical (unpaired) electrons. The molecule has 4 saturated carbocycles. The summed E-state index contributed by atoms with van der Waals surface area (Å²) in [6, 6.07) is 0.0163. The summed E-state index contributed by atoms with van der Waals surface area (Å²) in [7, 11) is 0. The van der Waals surface area contributed by atoms with Gasteiger partial charge in [0.25, 0.3) is 0 Å². The molecule has 4 fully saturated rings. The van der Waals surface area contributed by atoms with Crippen molar-refractivity contribution in [1.29, 1.82) is 0 Å². The van der Waals surface area contributed by atoms with Gasteiger partial charge in [-0.1, -0.05) is 33.6 Å². The summed E-state index contributed by atoms with van der Waals surface area (Å²) in [5, 5.41) is 5.98. The number of hydrogen-bond donors (Lipinski definition) is 2. The molecule has 256 valence electrons. The summed E-state index contributed by atoms with van der Waals surface area (Å²) in [6.45, 7) is 12.2. The Labute approximate surface area is 278 Å². The van der Waals surface area contributed by atoms with Crippen molar-refractivity contribution in [3.05, 3.63) is 23.4 Å². The number of ketones is 2. The smallest absolute Gasteiger partial charge is 0.239 e. The molecule has 0 aromatic rings. The van der Waals surface area contributed by atoms with Crippen LogP contribution in [0.3, 0.4) is 0 Å². The third kappa shape index (κ3) is 7.33. The number of hydrogen-bond acceptors (Lipinski definition) is 5. The molecule has 46 heavy (non-hydrogen) atoms. The van der Waals surface area contributed by atoms with Gasteiger partial charge in [-0.15, -0.1) is 0 Å². The third-order valence-corrected chi connectivity index (χ3v) is 13.2. The Kier molecular flexibility index (Phi) is 11.2. The second-order valence-electron chi connectivity index (χ2n) is 16.3. The van der Waals surface area contributed by atoms with E-state index in [1.165, 1.54) is 76.4 Å². The molecule has 7 heteroatoms. The van der Waals surface area contributed by atoms with Crippen molar-refractivity contribution in [2.24, 2.45) is 40.4 Å². The number of allylic oxidation sites excluding steroid dienone is 3. The van der Waals surface area contributed by atoms with E-state index in [0.29, 0.717) is 48.0 Å². The van der Waals surface area contributed by atoms with Gasteiger partial charge in [0.1, 0.15) is 0 Å². The first-order chi connectivity index (χ1) is 22.0. The van der Waals surface area contributed by atoms with E-state index in [-0.39, 0.29) is 24.4 Å². The highest BCUT2D eigenvalue weighted by Crippen LogP contribution is 2.67. The highest BCUT2D eigenvalue weighted by molar-refractivity contribution is 6.46. The number of amides is 2. The lowest BCUT2D eigenvalue weighted by atomic mass is 9.45. The molecule has 5 aliphatic carbocycles. The number of fused-ring (bicyclic) bond motifs is 5. The monoisotopic (exact) mass is 635 g/mol. The van der Waals surface area contributed by atoms with Gasteiger partial charge in [-0.25, -0.2) is 0 Å². The highest BCUT2D eigenvalue weighted by atomic mass is 16.2. The second kappa shape index (κ2) is 14.8. The van der Waals surface area contributed by atoms with Crippen LogP contribution in [0.1, 0.15) is 131 Å². The average molecular weight is 636 g/mol. The fraction of sp³-hybridized carbons (Fsp3) is 0.795. The van der Waals surface area contributed by atoms with Gasteiger partial charge in [0.2, 0.25) is 23.4 Å². The Morgan fingerprint density at radius 3 is 2.43 bits per heavy atom. The second-order valence-corrected chi connectivity index (χ2v) is 16.3. The number of carbonyl (C=O) groups is 4. The fourth-order valence-electron chi connectivity index (χ4n) is 11.0. The Morgan fingerprint density at radius 2 is 1.67 bits per heavy atom. The first-order valence-electron chi connectivity index (χ1n) is 18.8. The maximum Gasteiger partial charge on any atom is 0.239 e. The van der Waals surface area contributed by atoms with Gasteiger partial charge in [0.15, 0.2) is 0 Å². The van der Waals surface area contributed by atoms with Gasteiger partial charge in [0.05, 0.1) is 6.54 Å². The molecule has 0 spiro atoms. The summed E-state index contributed by atoms with van der Waals surface area (Å²) in [5.41, 5.74) is 2.34. The minimum atomic E-state index is -0.569. The minimum absolute atomic E-state index is 0.0163. The first-order valence-corrected chi connectivity index (χ1v) is 18.8. The van der Waals surface area contributed by atoms with Crippen molar-refractivity contribution in [2.75, 3.05) is 19.6 Å². The molecule has 0 heterocycles. The van der Waals surface area contributed by atoms with Crippen molar-refractivity contribution >= 4 is 23.4 Å². The summed E-state index contributed by atoms with van der Waals surface area (Å²) in [6.07, 6.45) is 20.8. The SMILES string of the molecule is CCCN(CC(=O)NC(C)C)C1=CC(=O)C(=O)C=C1CCNC(=O)CCCC1CCC2C3CCC4CCCCC4(C)C3CCC12C. The largest absolute Gasteiger partial charge is 0.362 e. The first kappa shape index (κ1) is 34.9. The molecule has 5 rings (SSSR count). The Hall–Kier alpha value is -2.44. The third-order valence-electron chi connectivity index (χ3n) is 13.2. The van der Waals surface area contributed by atoms with Crippen LogP contribution in [0.2, 0.25) is 0 Å². The minimum Gasteiger partial charge on any atom is -0.362 e. The van der Waals surface area contributed by atoms with E-state index in [2.05, 4.69) is 24.5 Å². The molecule has 0 saturated heterocycles. The van der Waals surface area contributed by atoms with Gasteiger partial charge in [-0.3, -0.25) is 19.2 Å². The van der Waals surface area contributed by atoms with Gasteiger partial charge < -0.3 is 15.5 Å². The molecular weight excluding hydrogens is 574 g/mol. The molecule has 7 nitrogen and oxygen atoms in total. The predicted molar refractivity (Wildman–Crippen MR) is 183 cm³/mol. The van der Waals surface area contributed by atoms with Crippen molar-refractivity contribution in [1.82, 2.24) is 15.5 Å². The zero-order valence-corrected chi connectivity index (χ0v) is 29.4. The number of nitrogens with zero attached hydrogens (tertiary/aromatic N) is 1. The number of rotatable bonds is 13. The van der Waals surface area contributed by atoms with Crippen LogP contribution in [0.5, 0.6) is 0 Å². The molecule has 2 amide bonds. The lowest BCUT2D eigenvalue weighted by Crippen LogP contribution is -2.52. The summed E-state index contributed by atoms with van der Waals surface area (Å²) in [5.74, 6) is 3.22. The summed E-state index contributed by atoms with van der Waals surface area (Å²) >= 11 is 0. The van der Waals surface area contributed by atoms with Gasteiger partial charge in [-0.05, 0) is 143 Å². The van der Waals surface area contributed by atoms with E-state index in [4.69, 9.17) is 0 Å². The Balaban J connectivity index is 1.10.